The van der Waals surface area contributed by atoms with E-state index in [4.69, 9.17) is 0 Å². The van der Waals surface area contributed by atoms with Crippen LogP contribution in [0.4, 0.5) is 11.6 Å². The van der Waals surface area contributed by atoms with Crippen molar-refractivity contribution >= 4 is 17.7 Å². The Labute approximate surface area is 154 Å². The van der Waals surface area contributed by atoms with Crippen LogP contribution in [-0.2, 0) is 0 Å². The van der Waals surface area contributed by atoms with Crippen molar-refractivity contribution in [3.05, 3.63) is 48.6 Å². The number of pyridine rings is 1. The smallest absolute Gasteiger partial charge is 0.134 e. The molecule has 2 atom stereocenters. The van der Waals surface area contributed by atoms with E-state index >= 15 is 0 Å². The highest BCUT2D eigenvalue weighted by Crippen LogP contribution is 2.25. The first-order chi connectivity index (χ1) is 12.6. The lowest BCUT2D eigenvalue weighted by atomic mass is 10.2. The van der Waals surface area contributed by atoms with Crippen LogP contribution >= 0.6 is 0 Å². The summed E-state index contributed by atoms with van der Waals surface area (Å²) in [4.78, 5) is 16.8. The molecule has 1 aliphatic heterocycles. The molecule has 7 heteroatoms. The average Bonchev–Trinajstić information content (AvgIpc) is 3.03. The fourth-order valence-corrected chi connectivity index (χ4v) is 3.11. The van der Waals surface area contributed by atoms with Crippen molar-refractivity contribution in [2.45, 2.75) is 18.6 Å². The van der Waals surface area contributed by atoms with Crippen molar-refractivity contribution in [3.8, 4) is 0 Å². The van der Waals surface area contributed by atoms with Crippen LogP contribution in [0.1, 0.15) is 12.0 Å². The SMILES string of the molecule is CN(C)c1cc(N2C[C@H](O)C[C@@H]2CNC/C=C/c2ccncc2)ncn1. The summed E-state index contributed by atoms with van der Waals surface area (Å²) in [6.45, 7) is 2.16. The normalized spacial score (nSPS) is 20.0. The number of aromatic nitrogens is 3. The zero-order valence-corrected chi connectivity index (χ0v) is 15.3. The molecule has 1 aliphatic rings. The Morgan fingerprint density at radius 1 is 1.31 bits per heavy atom. The Kier molecular flexibility index (Phi) is 6.14. The predicted molar refractivity (Wildman–Crippen MR) is 104 cm³/mol. The largest absolute Gasteiger partial charge is 0.391 e. The van der Waals surface area contributed by atoms with Crippen LogP contribution in [-0.4, -0.2) is 65.9 Å². The van der Waals surface area contributed by atoms with E-state index in [9.17, 15) is 5.11 Å². The van der Waals surface area contributed by atoms with Gasteiger partial charge in [0.2, 0.25) is 0 Å². The second kappa shape index (κ2) is 8.73. The third-order valence-electron chi connectivity index (χ3n) is 4.44. The van der Waals surface area contributed by atoms with Crippen molar-refractivity contribution in [2.75, 3.05) is 43.5 Å². The van der Waals surface area contributed by atoms with E-state index in [1.807, 2.05) is 37.2 Å². The lowest BCUT2D eigenvalue weighted by Crippen LogP contribution is -2.38. The number of anilines is 2. The quantitative estimate of drug-likeness (QED) is 0.723. The van der Waals surface area contributed by atoms with Crippen molar-refractivity contribution in [2.24, 2.45) is 0 Å². The van der Waals surface area contributed by atoms with Gasteiger partial charge in [0, 0.05) is 58.2 Å². The van der Waals surface area contributed by atoms with Crippen LogP contribution in [0, 0.1) is 0 Å². The second-order valence-corrected chi connectivity index (χ2v) is 6.67. The Hall–Kier alpha value is -2.51. The summed E-state index contributed by atoms with van der Waals surface area (Å²) in [6, 6.07) is 6.13. The number of aliphatic hydroxyl groups excluding tert-OH is 1. The second-order valence-electron chi connectivity index (χ2n) is 6.67. The number of hydrogen-bond acceptors (Lipinski definition) is 7. The van der Waals surface area contributed by atoms with Crippen molar-refractivity contribution < 1.29 is 5.11 Å². The van der Waals surface area contributed by atoms with Gasteiger partial charge >= 0.3 is 0 Å². The van der Waals surface area contributed by atoms with E-state index in [-0.39, 0.29) is 12.1 Å². The molecule has 3 rings (SSSR count). The molecule has 0 aromatic carbocycles. The van der Waals surface area contributed by atoms with Gasteiger partial charge in [0.05, 0.1) is 6.10 Å². The van der Waals surface area contributed by atoms with E-state index in [0.717, 1.165) is 36.7 Å². The fraction of sp³-hybridized carbons (Fsp3) is 0.421. The van der Waals surface area contributed by atoms with E-state index in [2.05, 4.69) is 37.3 Å². The van der Waals surface area contributed by atoms with Crippen LogP contribution in [0.15, 0.2) is 43.0 Å². The third-order valence-corrected chi connectivity index (χ3v) is 4.44. The van der Waals surface area contributed by atoms with Gasteiger partial charge in [-0.2, -0.15) is 0 Å². The Morgan fingerprint density at radius 2 is 2.12 bits per heavy atom. The summed E-state index contributed by atoms with van der Waals surface area (Å²) in [5.41, 5.74) is 1.14. The van der Waals surface area contributed by atoms with Gasteiger partial charge in [-0.15, -0.1) is 0 Å². The molecular formula is C19H26N6O. The highest BCUT2D eigenvalue weighted by Gasteiger charge is 2.31. The zero-order chi connectivity index (χ0) is 18.4. The van der Waals surface area contributed by atoms with Crippen molar-refractivity contribution in [3.63, 3.8) is 0 Å². The molecule has 1 saturated heterocycles. The van der Waals surface area contributed by atoms with Gasteiger partial charge in [0.25, 0.3) is 0 Å². The maximum Gasteiger partial charge on any atom is 0.134 e. The monoisotopic (exact) mass is 354 g/mol. The lowest BCUT2D eigenvalue weighted by Gasteiger charge is -2.26. The van der Waals surface area contributed by atoms with E-state index in [1.54, 1.807) is 18.7 Å². The van der Waals surface area contributed by atoms with Crippen LogP contribution in [0.3, 0.4) is 0 Å². The van der Waals surface area contributed by atoms with Gasteiger partial charge < -0.3 is 20.2 Å². The molecule has 3 heterocycles. The standard InChI is InChI=1S/C19H26N6O/c1-24(2)18-11-19(23-14-22-18)25-13-17(26)10-16(25)12-21-7-3-4-15-5-8-20-9-6-15/h3-6,8-9,11,14,16-17,21,26H,7,10,12-13H2,1-2H3/b4-3+/t16-,17-/m1/s1. The van der Waals surface area contributed by atoms with E-state index in [0.29, 0.717) is 6.54 Å². The summed E-state index contributed by atoms with van der Waals surface area (Å²) in [6.07, 6.45) is 9.74. The number of aliphatic hydroxyl groups is 1. The van der Waals surface area contributed by atoms with Crippen molar-refractivity contribution in [1.82, 2.24) is 20.3 Å². The molecule has 2 aromatic heterocycles. The van der Waals surface area contributed by atoms with Gasteiger partial charge in [0.15, 0.2) is 0 Å². The number of nitrogens with zero attached hydrogens (tertiary/aromatic N) is 5. The molecule has 7 nitrogen and oxygen atoms in total. The topological polar surface area (TPSA) is 77.4 Å². The molecule has 26 heavy (non-hydrogen) atoms. The van der Waals surface area contributed by atoms with Gasteiger partial charge in [-0.1, -0.05) is 12.2 Å². The van der Waals surface area contributed by atoms with Crippen molar-refractivity contribution in [1.29, 1.82) is 0 Å². The molecular weight excluding hydrogens is 328 g/mol. The first-order valence-electron chi connectivity index (χ1n) is 8.85. The third kappa shape index (κ3) is 4.77. The zero-order valence-electron chi connectivity index (χ0n) is 15.3. The number of β-amino-alcohol motifs (C(OH)–C–C–N with tert-alkyl or cyclic N) is 1. The van der Waals surface area contributed by atoms with E-state index in [1.165, 1.54) is 0 Å². The Balaban J connectivity index is 1.56. The van der Waals surface area contributed by atoms with Crippen LogP contribution in [0.5, 0.6) is 0 Å². The Morgan fingerprint density at radius 3 is 2.88 bits per heavy atom. The number of nitrogens with one attached hydrogen (secondary N) is 1. The molecule has 0 amide bonds. The average molecular weight is 354 g/mol. The summed E-state index contributed by atoms with van der Waals surface area (Å²) < 4.78 is 0. The minimum atomic E-state index is -0.327. The van der Waals surface area contributed by atoms with Crippen LogP contribution in [0.2, 0.25) is 0 Å². The first-order valence-corrected chi connectivity index (χ1v) is 8.85. The summed E-state index contributed by atoms with van der Waals surface area (Å²) >= 11 is 0. The fourth-order valence-electron chi connectivity index (χ4n) is 3.11. The molecule has 0 spiro atoms. The summed E-state index contributed by atoms with van der Waals surface area (Å²) in [7, 11) is 3.91. The highest BCUT2D eigenvalue weighted by atomic mass is 16.3. The van der Waals surface area contributed by atoms with Gasteiger partial charge in [-0.3, -0.25) is 4.98 Å². The molecule has 0 saturated carbocycles. The molecule has 2 aromatic rings. The molecule has 0 radical (unpaired) electrons. The molecule has 0 aliphatic carbocycles. The van der Waals surface area contributed by atoms with Crippen LogP contribution in [0.25, 0.3) is 6.08 Å². The van der Waals surface area contributed by atoms with E-state index < -0.39 is 0 Å². The molecule has 138 valence electrons. The number of rotatable bonds is 7. The van der Waals surface area contributed by atoms with Gasteiger partial charge in [-0.25, -0.2) is 9.97 Å². The van der Waals surface area contributed by atoms with Crippen LogP contribution < -0.4 is 15.1 Å². The minimum Gasteiger partial charge on any atom is -0.391 e. The molecule has 0 unspecified atom stereocenters. The predicted octanol–water partition coefficient (Wildman–Crippen LogP) is 1.18. The first kappa shape index (κ1) is 18.3. The molecule has 2 N–H and O–H groups in total. The minimum absolute atomic E-state index is 0.212. The summed E-state index contributed by atoms with van der Waals surface area (Å²) in [5, 5.41) is 13.6. The van der Waals surface area contributed by atoms with Gasteiger partial charge in [0.1, 0.15) is 18.0 Å². The lowest BCUT2D eigenvalue weighted by molar-refractivity contribution is 0.194. The molecule has 1 fully saturated rings. The molecule has 0 bridgehead atoms. The maximum atomic E-state index is 10.1. The number of hydrogen-bond donors (Lipinski definition) is 2. The maximum absolute atomic E-state index is 10.1. The van der Waals surface area contributed by atoms with Gasteiger partial charge in [-0.05, 0) is 24.1 Å². The highest BCUT2D eigenvalue weighted by molar-refractivity contribution is 5.51. The Bertz CT molecular complexity index is 721. The summed E-state index contributed by atoms with van der Waals surface area (Å²) in [5.74, 6) is 1.72.